The first kappa shape index (κ1) is 14.7. The fraction of sp³-hybridized carbons (Fsp3) is 0.125. The van der Waals surface area contributed by atoms with Gasteiger partial charge in [-0.3, -0.25) is 9.48 Å². The number of nitrogens with zero attached hydrogens (tertiary/aromatic N) is 4. The second-order valence-electron chi connectivity index (χ2n) is 5.16. The van der Waals surface area contributed by atoms with Crippen molar-refractivity contribution in [3.63, 3.8) is 0 Å². The second kappa shape index (κ2) is 5.88. The van der Waals surface area contributed by atoms with Gasteiger partial charge in [0.2, 0.25) is 5.95 Å². The van der Waals surface area contributed by atoms with Crippen molar-refractivity contribution < 1.29 is 4.79 Å². The molecule has 3 N–H and O–H groups in total. The van der Waals surface area contributed by atoms with Crippen LogP contribution in [0.5, 0.6) is 0 Å². The molecule has 7 nitrogen and oxygen atoms in total. The van der Waals surface area contributed by atoms with Crippen LogP contribution in [0.3, 0.4) is 0 Å². The third-order valence-electron chi connectivity index (χ3n) is 3.36. The molecule has 2 heterocycles. The van der Waals surface area contributed by atoms with E-state index in [-0.39, 0.29) is 5.78 Å². The summed E-state index contributed by atoms with van der Waals surface area (Å²) in [6.07, 6.45) is 5.20. The van der Waals surface area contributed by atoms with Gasteiger partial charge in [-0.2, -0.15) is 10.1 Å². The van der Waals surface area contributed by atoms with Crippen molar-refractivity contribution in [3.05, 3.63) is 48.4 Å². The predicted molar refractivity (Wildman–Crippen MR) is 88.4 cm³/mol. The van der Waals surface area contributed by atoms with E-state index < -0.39 is 0 Å². The van der Waals surface area contributed by atoms with Crippen molar-refractivity contribution in [3.8, 4) is 11.1 Å². The van der Waals surface area contributed by atoms with E-state index in [1.807, 2.05) is 19.3 Å². The molecule has 1 aromatic carbocycles. The van der Waals surface area contributed by atoms with Gasteiger partial charge in [-0.05, 0) is 19.1 Å². The van der Waals surface area contributed by atoms with Crippen LogP contribution in [0.1, 0.15) is 17.3 Å². The largest absolute Gasteiger partial charge is 0.383 e. The van der Waals surface area contributed by atoms with Gasteiger partial charge >= 0.3 is 0 Å². The topological polar surface area (TPSA) is 98.7 Å². The SMILES string of the molecule is CC(=O)c1cccc(Nc2ncc(-c3cnn(C)c3)c(N)n2)c1. The molecule has 3 rings (SSSR count). The molecule has 0 spiro atoms. The highest BCUT2D eigenvalue weighted by Gasteiger charge is 2.09. The molecule has 0 fully saturated rings. The highest BCUT2D eigenvalue weighted by Crippen LogP contribution is 2.24. The molecule has 0 saturated carbocycles. The third kappa shape index (κ3) is 3.18. The third-order valence-corrected chi connectivity index (χ3v) is 3.36. The van der Waals surface area contributed by atoms with Gasteiger partial charge in [0, 0.05) is 41.8 Å². The molecule has 0 radical (unpaired) electrons. The number of benzene rings is 1. The standard InChI is InChI=1S/C16H16N6O/c1-10(23)11-4-3-5-13(6-11)20-16-18-8-14(15(17)21-16)12-7-19-22(2)9-12/h3-9H,1-2H3,(H3,17,18,20,21). The van der Waals surface area contributed by atoms with Crippen molar-refractivity contribution in [2.75, 3.05) is 11.1 Å². The highest BCUT2D eigenvalue weighted by molar-refractivity contribution is 5.95. The summed E-state index contributed by atoms with van der Waals surface area (Å²) in [4.78, 5) is 20.0. The van der Waals surface area contributed by atoms with Crippen LogP contribution in [0.25, 0.3) is 11.1 Å². The Bertz CT molecular complexity index is 871. The minimum atomic E-state index is 0.000933. The van der Waals surface area contributed by atoms with Crippen molar-refractivity contribution in [1.82, 2.24) is 19.7 Å². The number of nitrogens with two attached hydrogens (primary N) is 1. The number of carbonyl (C=O) groups excluding carboxylic acids is 1. The first-order chi connectivity index (χ1) is 11.0. The molecule has 0 bridgehead atoms. The van der Waals surface area contributed by atoms with E-state index in [1.165, 1.54) is 6.92 Å². The summed E-state index contributed by atoms with van der Waals surface area (Å²) in [5.74, 6) is 0.732. The Morgan fingerprint density at radius 2 is 2.13 bits per heavy atom. The van der Waals surface area contributed by atoms with E-state index in [0.29, 0.717) is 17.3 Å². The highest BCUT2D eigenvalue weighted by atomic mass is 16.1. The van der Waals surface area contributed by atoms with Crippen LogP contribution in [0.15, 0.2) is 42.9 Å². The van der Waals surface area contributed by atoms with Gasteiger partial charge in [-0.1, -0.05) is 12.1 Å². The number of hydrogen-bond donors (Lipinski definition) is 2. The summed E-state index contributed by atoms with van der Waals surface area (Å²) in [6.45, 7) is 1.52. The van der Waals surface area contributed by atoms with Crippen LogP contribution in [-0.2, 0) is 7.05 Å². The van der Waals surface area contributed by atoms with Gasteiger partial charge in [0.25, 0.3) is 0 Å². The lowest BCUT2D eigenvalue weighted by Crippen LogP contribution is -2.02. The summed E-state index contributed by atoms with van der Waals surface area (Å²) in [5, 5.41) is 7.16. The zero-order chi connectivity index (χ0) is 16.4. The summed E-state index contributed by atoms with van der Waals surface area (Å²) >= 11 is 0. The zero-order valence-electron chi connectivity index (χ0n) is 12.8. The summed E-state index contributed by atoms with van der Waals surface area (Å²) in [5.41, 5.74) is 8.94. The first-order valence-corrected chi connectivity index (χ1v) is 7.02. The van der Waals surface area contributed by atoms with Crippen LogP contribution in [0, 0.1) is 0 Å². The molecule has 3 aromatic rings. The lowest BCUT2D eigenvalue weighted by atomic mass is 10.1. The van der Waals surface area contributed by atoms with Gasteiger partial charge in [0.05, 0.1) is 6.20 Å². The fourth-order valence-electron chi connectivity index (χ4n) is 2.18. The maximum absolute atomic E-state index is 11.4. The van der Waals surface area contributed by atoms with Crippen molar-refractivity contribution in [2.45, 2.75) is 6.92 Å². The molecule has 0 atom stereocenters. The Morgan fingerprint density at radius 1 is 1.30 bits per heavy atom. The molecule has 23 heavy (non-hydrogen) atoms. The monoisotopic (exact) mass is 308 g/mol. The number of aryl methyl sites for hydroxylation is 1. The number of nitrogen functional groups attached to an aromatic ring is 1. The Morgan fingerprint density at radius 3 is 2.78 bits per heavy atom. The molecule has 0 unspecified atom stereocenters. The van der Waals surface area contributed by atoms with Crippen LogP contribution in [0.4, 0.5) is 17.5 Å². The normalized spacial score (nSPS) is 10.5. The van der Waals surface area contributed by atoms with Gasteiger partial charge < -0.3 is 11.1 Å². The van der Waals surface area contributed by atoms with Gasteiger partial charge in [-0.25, -0.2) is 4.98 Å². The number of Topliss-reactive ketones (excluding diaryl/α,β-unsaturated/α-hetero) is 1. The minimum Gasteiger partial charge on any atom is -0.383 e. The van der Waals surface area contributed by atoms with E-state index in [9.17, 15) is 4.79 Å². The maximum atomic E-state index is 11.4. The fourth-order valence-corrected chi connectivity index (χ4v) is 2.18. The van der Waals surface area contributed by atoms with Crippen molar-refractivity contribution in [1.29, 1.82) is 0 Å². The van der Waals surface area contributed by atoms with Gasteiger partial charge in [-0.15, -0.1) is 0 Å². The molecular formula is C16H16N6O. The van der Waals surface area contributed by atoms with Crippen molar-refractivity contribution >= 4 is 23.2 Å². The zero-order valence-corrected chi connectivity index (χ0v) is 12.8. The molecule has 2 aromatic heterocycles. The molecule has 0 aliphatic carbocycles. The Hall–Kier alpha value is -3.22. The average Bonchev–Trinajstić information content (AvgIpc) is 2.94. The van der Waals surface area contributed by atoms with E-state index in [2.05, 4.69) is 20.4 Å². The number of hydrogen-bond acceptors (Lipinski definition) is 6. The van der Waals surface area contributed by atoms with E-state index in [1.54, 1.807) is 35.3 Å². The lowest BCUT2D eigenvalue weighted by molar-refractivity contribution is 0.101. The molecule has 0 aliphatic heterocycles. The number of carbonyl (C=O) groups is 1. The number of ketones is 1. The second-order valence-corrected chi connectivity index (χ2v) is 5.16. The van der Waals surface area contributed by atoms with Crippen molar-refractivity contribution in [2.24, 2.45) is 7.05 Å². The quantitative estimate of drug-likeness (QED) is 0.718. The van der Waals surface area contributed by atoms with E-state index in [4.69, 9.17) is 5.73 Å². The average molecular weight is 308 g/mol. The number of anilines is 3. The van der Waals surface area contributed by atoms with Gasteiger partial charge in [0.1, 0.15) is 5.82 Å². The molecule has 0 aliphatic rings. The molecule has 0 saturated heterocycles. The Labute approximate surface area is 133 Å². The Balaban J connectivity index is 1.86. The van der Waals surface area contributed by atoms with E-state index >= 15 is 0 Å². The van der Waals surface area contributed by atoms with E-state index in [0.717, 1.165) is 16.8 Å². The summed E-state index contributed by atoms with van der Waals surface area (Å²) < 4.78 is 1.69. The predicted octanol–water partition coefficient (Wildman–Crippen LogP) is 2.41. The lowest BCUT2D eigenvalue weighted by Gasteiger charge is -2.08. The number of rotatable bonds is 4. The number of nitrogens with one attached hydrogen (secondary N) is 1. The maximum Gasteiger partial charge on any atom is 0.229 e. The summed E-state index contributed by atoms with van der Waals surface area (Å²) in [6, 6.07) is 7.14. The van der Waals surface area contributed by atoms with Crippen LogP contribution >= 0.6 is 0 Å². The van der Waals surface area contributed by atoms with Crippen LogP contribution in [-0.4, -0.2) is 25.5 Å². The Kier molecular flexibility index (Phi) is 3.76. The molecule has 0 amide bonds. The summed E-state index contributed by atoms with van der Waals surface area (Å²) in [7, 11) is 1.83. The molecular weight excluding hydrogens is 292 g/mol. The van der Waals surface area contributed by atoms with Gasteiger partial charge in [0.15, 0.2) is 5.78 Å². The minimum absolute atomic E-state index is 0.000933. The molecule has 7 heteroatoms. The molecule has 116 valence electrons. The first-order valence-electron chi connectivity index (χ1n) is 7.02. The van der Waals surface area contributed by atoms with Crippen LogP contribution in [0.2, 0.25) is 0 Å². The van der Waals surface area contributed by atoms with Crippen LogP contribution < -0.4 is 11.1 Å². The smallest absolute Gasteiger partial charge is 0.229 e. The number of aromatic nitrogens is 4.